The Hall–Kier alpha value is -2.51. The van der Waals surface area contributed by atoms with E-state index in [4.69, 9.17) is 0 Å². The minimum Gasteiger partial charge on any atom is -0.363 e. The minimum atomic E-state index is -4.46. The summed E-state index contributed by atoms with van der Waals surface area (Å²) in [5.41, 5.74) is 0.841. The number of piperidine rings is 1. The fourth-order valence-corrected chi connectivity index (χ4v) is 5.04. The molecule has 162 valence electrons. The van der Waals surface area contributed by atoms with Gasteiger partial charge in [0.1, 0.15) is 5.82 Å². The van der Waals surface area contributed by atoms with Crippen LogP contribution in [0, 0.1) is 5.92 Å². The molecule has 4 atom stereocenters. The van der Waals surface area contributed by atoms with Crippen LogP contribution in [0.1, 0.15) is 68.2 Å². The van der Waals surface area contributed by atoms with E-state index in [9.17, 15) is 18.0 Å². The van der Waals surface area contributed by atoms with Gasteiger partial charge in [0.2, 0.25) is 0 Å². The third kappa shape index (κ3) is 3.79. The largest absolute Gasteiger partial charge is 0.410 e. The van der Waals surface area contributed by atoms with Gasteiger partial charge in [0.15, 0.2) is 11.7 Å². The number of benzene rings is 1. The molecule has 1 saturated heterocycles. The second-order valence-electron chi connectivity index (χ2n) is 8.75. The molecule has 8 heteroatoms. The van der Waals surface area contributed by atoms with Crippen LogP contribution in [-0.2, 0) is 0 Å². The highest BCUT2D eigenvalue weighted by molar-refractivity contribution is 5.93. The number of nitrogens with zero attached hydrogens (tertiary/aromatic N) is 3. The number of fused-ring (bicyclic) bond motifs is 1. The predicted octanol–water partition coefficient (Wildman–Crippen LogP) is 5.19. The van der Waals surface area contributed by atoms with Crippen LogP contribution in [0.5, 0.6) is 0 Å². The topological polar surface area (TPSA) is 50.2 Å². The Bertz CT molecular complexity index is 899. The molecule has 0 bridgehead atoms. The molecule has 2 aliphatic rings. The molecule has 1 N–H and O–H groups in total. The molecule has 0 unspecified atom stereocenters. The van der Waals surface area contributed by atoms with Gasteiger partial charge < -0.3 is 10.2 Å². The number of aromatic nitrogens is 2. The highest BCUT2D eigenvalue weighted by Crippen LogP contribution is 2.43. The lowest BCUT2D eigenvalue weighted by Crippen LogP contribution is -2.49. The number of amides is 1. The van der Waals surface area contributed by atoms with E-state index in [-0.39, 0.29) is 35.9 Å². The molecular weight excluding hydrogens is 393 g/mol. The van der Waals surface area contributed by atoms with Crippen molar-refractivity contribution in [1.82, 2.24) is 14.7 Å². The van der Waals surface area contributed by atoms with E-state index >= 15 is 0 Å². The molecule has 4 rings (SSSR count). The predicted molar refractivity (Wildman–Crippen MR) is 108 cm³/mol. The number of alkyl halides is 3. The molecule has 0 aliphatic carbocycles. The second kappa shape index (κ2) is 7.63. The Morgan fingerprint density at radius 1 is 1.07 bits per heavy atom. The Kier molecular flexibility index (Phi) is 5.28. The minimum absolute atomic E-state index is 0.0263. The van der Waals surface area contributed by atoms with Crippen LogP contribution >= 0.6 is 0 Å². The fourth-order valence-electron chi connectivity index (χ4n) is 5.04. The van der Waals surface area contributed by atoms with Crippen LogP contribution < -0.4 is 5.32 Å². The van der Waals surface area contributed by atoms with Gasteiger partial charge in [0, 0.05) is 24.6 Å². The molecule has 0 saturated carbocycles. The second-order valence-corrected chi connectivity index (χ2v) is 8.75. The molecule has 1 aromatic heterocycles. The van der Waals surface area contributed by atoms with E-state index in [2.05, 4.69) is 17.3 Å². The molecule has 0 radical (unpaired) electrons. The Morgan fingerprint density at radius 2 is 1.70 bits per heavy atom. The lowest BCUT2D eigenvalue weighted by Gasteiger charge is -2.41. The van der Waals surface area contributed by atoms with Crippen molar-refractivity contribution in [2.24, 2.45) is 5.92 Å². The summed E-state index contributed by atoms with van der Waals surface area (Å²) in [6, 6.07) is 8.29. The summed E-state index contributed by atoms with van der Waals surface area (Å²) in [7, 11) is 0. The van der Waals surface area contributed by atoms with Crippen LogP contribution in [0.25, 0.3) is 0 Å². The maximum absolute atomic E-state index is 13.9. The molecule has 1 fully saturated rings. The number of hydrogen-bond donors (Lipinski definition) is 1. The molecule has 5 nitrogen and oxygen atoms in total. The summed E-state index contributed by atoms with van der Waals surface area (Å²) >= 11 is 0. The van der Waals surface area contributed by atoms with Gasteiger partial charge in [-0.05, 0) is 38.2 Å². The molecule has 0 spiro atoms. The van der Waals surface area contributed by atoms with Crippen LogP contribution in [0.2, 0.25) is 0 Å². The van der Waals surface area contributed by atoms with E-state index in [1.54, 1.807) is 29.2 Å². The van der Waals surface area contributed by atoms with Gasteiger partial charge in [-0.2, -0.15) is 18.3 Å². The lowest BCUT2D eigenvalue weighted by molar-refractivity contribution is -0.173. The van der Waals surface area contributed by atoms with Crippen LogP contribution in [0.15, 0.2) is 36.4 Å². The third-order valence-electron chi connectivity index (χ3n) is 6.28. The van der Waals surface area contributed by atoms with Crippen molar-refractivity contribution < 1.29 is 18.0 Å². The maximum atomic E-state index is 13.9. The quantitative estimate of drug-likeness (QED) is 0.727. The number of likely N-dealkylation sites (tertiary alicyclic amines) is 1. The first-order valence-corrected chi connectivity index (χ1v) is 10.5. The van der Waals surface area contributed by atoms with E-state index in [1.165, 1.54) is 6.07 Å². The van der Waals surface area contributed by atoms with Crippen LogP contribution in [0.3, 0.4) is 0 Å². The first kappa shape index (κ1) is 20.8. The number of hydrogen-bond acceptors (Lipinski definition) is 3. The van der Waals surface area contributed by atoms with Gasteiger partial charge in [-0.15, -0.1) is 0 Å². The van der Waals surface area contributed by atoms with Crippen LogP contribution in [-0.4, -0.2) is 38.8 Å². The van der Waals surface area contributed by atoms with Crippen molar-refractivity contribution >= 4 is 11.7 Å². The standard InChI is InChI=1S/C22H27F3N4O/c1-13-9-14(2)28(15(3)10-13)21(30)18-12-20-26-17(16-7-5-4-6-8-16)11-19(22(23,24)25)29(20)27-18/h4-8,12-15,17,19,26H,9-11H2,1-3H3/t14-,15-,17-,19+/m1/s1. The van der Waals surface area contributed by atoms with Crippen molar-refractivity contribution in [3.05, 3.63) is 47.7 Å². The number of rotatable bonds is 2. The van der Waals surface area contributed by atoms with Gasteiger partial charge in [-0.25, -0.2) is 4.68 Å². The number of carbonyl (C=O) groups is 1. The number of halogens is 3. The summed E-state index contributed by atoms with van der Waals surface area (Å²) < 4.78 is 42.5. The van der Waals surface area contributed by atoms with Gasteiger partial charge >= 0.3 is 6.18 Å². The average Bonchev–Trinajstić information content (AvgIpc) is 3.10. The molecule has 2 aliphatic heterocycles. The number of anilines is 1. The van der Waals surface area contributed by atoms with Crippen molar-refractivity contribution in [1.29, 1.82) is 0 Å². The third-order valence-corrected chi connectivity index (χ3v) is 6.28. The van der Waals surface area contributed by atoms with E-state index < -0.39 is 18.3 Å². The van der Waals surface area contributed by atoms with Crippen molar-refractivity contribution in [2.75, 3.05) is 5.32 Å². The zero-order valence-corrected chi connectivity index (χ0v) is 17.4. The maximum Gasteiger partial charge on any atom is 0.410 e. The van der Waals surface area contributed by atoms with E-state index in [0.29, 0.717) is 5.92 Å². The Balaban J connectivity index is 1.67. The molecule has 1 amide bonds. The van der Waals surface area contributed by atoms with Gasteiger partial charge in [0.05, 0.1) is 6.04 Å². The van der Waals surface area contributed by atoms with Gasteiger partial charge in [0.25, 0.3) is 5.91 Å². The Labute approximate surface area is 174 Å². The smallest absolute Gasteiger partial charge is 0.363 e. The highest BCUT2D eigenvalue weighted by Gasteiger charge is 2.47. The summed E-state index contributed by atoms with van der Waals surface area (Å²) in [4.78, 5) is 15.0. The molecule has 3 heterocycles. The number of nitrogens with one attached hydrogen (secondary N) is 1. The Morgan fingerprint density at radius 3 is 2.30 bits per heavy atom. The van der Waals surface area contributed by atoms with Crippen molar-refractivity contribution in [2.45, 2.75) is 70.4 Å². The fraction of sp³-hybridized carbons (Fsp3) is 0.545. The monoisotopic (exact) mass is 420 g/mol. The first-order valence-electron chi connectivity index (χ1n) is 10.5. The van der Waals surface area contributed by atoms with Gasteiger partial charge in [-0.1, -0.05) is 37.3 Å². The number of carbonyl (C=O) groups excluding carboxylic acids is 1. The van der Waals surface area contributed by atoms with E-state index in [1.807, 2.05) is 19.9 Å². The SMILES string of the molecule is CC1C[C@@H](C)N(C(=O)c2cc3n(n2)[C@H](C(F)(F)F)C[C@H](c2ccccc2)N3)[C@H](C)C1. The molecule has 1 aromatic carbocycles. The summed E-state index contributed by atoms with van der Waals surface area (Å²) in [6.07, 6.45) is -2.88. The zero-order chi connectivity index (χ0) is 21.6. The van der Waals surface area contributed by atoms with Crippen LogP contribution in [0.4, 0.5) is 19.0 Å². The normalized spacial score (nSPS) is 29.3. The highest BCUT2D eigenvalue weighted by atomic mass is 19.4. The summed E-state index contributed by atoms with van der Waals surface area (Å²) in [6.45, 7) is 6.14. The van der Waals surface area contributed by atoms with Crippen molar-refractivity contribution in [3.63, 3.8) is 0 Å². The van der Waals surface area contributed by atoms with E-state index in [0.717, 1.165) is 23.1 Å². The van der Waals surface area contributed by atoms with Crippen molar-refractivity contribution in [3.8, 4) is 0 Å². The summed E-state index contributed by atoms with van der Waals surface area (Å²) in [5.74, 6) is 0.436. The zero-order valence-electron chi connectivity index (χ0n) is 17.4. The molecule has 2 aromatic rings. The first-order chi connectivity index (χ1) is 14.1. The molecule has 30 heavy (non-hydrogen) atoms. The van der Waals surface area contributed by atoms with Gasteiger partial charge in [-0.3, -0.25) is 4.79 Å². The molecular formula is C22H27F3N4O. The summed E-state index contributed by atoms with van der Waals surface area (Å²) in [5, 5.41) is 7.29. The lowest BCUT2D eigenvalue weighted by atomic mass is 9.88. The average molecular weight is 420 g/mol.